The van der Waals surface area contributed by atoms with Crippen molar-refractivity contribution in [3.63, 3.8) is 0 Å². The smallest absolute Gasteiger partial charge is 0.261 e. The van der Waals surface area contributed by atoms with E-state index in [4.69, 9.17) is 4.74 Å². The maximum Gasteiger partial charge on any atom is 0.261 e. The number of hydrogen-bond acceptors (Lipinski definition) is 3. The van der Waals surface area contributed by atoms with E-state index in [1.165, 1.54) is 0 Å². The van der Waals surface area contributed by atoms with Crippen molar-refractivity contribution >= 4 is 11.8 Å². The van der Waals surface area contributed by atoms with Gasteiger partial charge in [-0.1, -0.05) is 61.7 Å². The van der Waals surface area contributed by atoms with E-state index in [2.05, 4.69) is 5.32 Å². The Labute approximate surface area is 192 Å². The van der Waals surface area contributed by atoms with Gasteiger partial charge in [-0.3, -0.25) is 9.59 Å². The van der Waals surface area contributed by atoms with Gasteiger partial charge in [-0.2, -0.15) is 0 Å². The molecule has 0 spiro atoms. The van der Waals surface area contributed by atoms with Crippen molar-refractivity contribution in [2.24, 2.45) is 0 Å². The molecule has 0 heterocycles. The Morgan fingerprint density at radius 2 is 1.75 bits per heavy atom. The number of aryl methyl sites for hydroxylation is 2. The number of carbonyl (C=O) groups is 2. The second kappa shape index (κ2) is 11.2. The number of ether oxygens (including phenoxy) is 1. The van der Waals surface area contributed by atoms with Crippen LogP contribution in [0.25, 0.3) is 0 Å². The molecule has 0 radical (unpaired) electrons. The molecule has 0 bridgehead atoms. The Bertz CT molecular complexity index is 917. The van der Waals surface area contributed by atoms with Gasteiger partial charge in [0.1, 0.15) is 11.8 Å². The lowest BCUT2D eigenvalue weighted by Crippen LogP contribution is -2.52. The van der Waals surface area contributed by atoms with Crippen LogP contribution in [0.3, 0.4) is 0 Å². The summed E-state index contributed by atoms with van der Waals surface area (Å²) >= 11 is 0. The third-order valence-electron chi connectivity index (χ3n) is 6.47. The van der Waals surface area contributed by atoms with Crippen molar-refractivity contribution < 1.29 is 14.3 Å². The molecule has 2 aromatic carbocycles. The maximum atomic E-state index is 13.3. The second-order valence-electron chi connectivity index (χ2n) is 8.91. The molecule has 1 atom stereocenters. The van der Waals surface area contributed by atoms with Crippen molar-refractivity contribution in [1.82, 2.24) is 10.2 Å². The van der Waals surface area contributed by atoms with Crippen molar-refractivity contribution in [2.75, 3.05) is 6.61 Å². The van der Waals surface area contributed by atoms with E-state index in [9.17, 15) is 9.59 Å². The number of nitrogens with one attached hydrogen (secondary N) is 1. The molecule has 0 saturated heterocycles. The Morgan fingerprint density at radius 3 is 2.41 bits per heavy atom. The average molecular weight is 437 g/mol. The molecule has 2 amide bonds. The number of carbonyl (C=O) groups excluding carboxylic acids is 2. The third-order valence-corrected chi connectivity index (χ3v) is 6.47. The summed E-state index contributed by atoms with van der Waals surface area (Å²) in [5.74, 6) is 0.462. The van der Waals surface area contributed by atoms with Crippen LogP contribution in [0.5, 0.6) is 5.75 Å². The Balaban J connectivity index is 1.77. The van der Waals surface area contributed by atoms with Gasteiger partial charge in [-0.25, -0.2) is 0 Å². The van der Waals surface area contributed by atoms with E-state index in [0.29, 0.717) is 18.7 Å². The first kappa shape index (κ1) is 23.8. The van der Waals surface area contributed by atoms with Gasteiger partial charge < -0.3 is 15.0 Å². The van der Waals surface area contributed by atoms with Gasteiger partial charge >= 0.3 is 0 Å². The van der Waals surface area contributed by atoms with Crippen LogP contribution in [0.15, 0.2) is 42.5 Å². The highest BCUT2D eigenvalue weighted by molar-refractivity contribution is 5.88. The zero-order valence-corrected chi connectivity index (χ0v) is 19.8. The van der Waals surface area contributed by atoms with Crippen LogP contribution < -0.4 is 10.1 Å². The fraction of sp³-hybridized carbons (Fsp3) is 0.481. The predicted molar refractivity (Wildman–Crippen MR) is 128 cm³/mol. The van der Waals surface area contributed by atoms with Crippen molar-refractivity contribution in [2.45, 2.75) is 78.4 Å². The summed E-state index contributed by atoms with van der Waals surface area (Å²) in [6.07, 6.45) is 4.89. The molecule has 5 heteroatoms. The van der Waals surface area contributed by atoms with E-state index in [0.717, 1.165) is 47.9 Å². The van der Waals surface area contributed by atoms with Gasteiger partial charge in [0.25, 0.3) is 5.91 Å². The summed E-state index contributed by atoms with van der Waals surface area (Å²) < 4.78 is 5.90. The minimum atomic E-state index is -0.522. The Morgan fingerprint density at radius 1 is 1.06 bits per heavy atom. The van der Waals surface area contributed by atoms with Crippen LogP contribution in [0, 0.1) is 20.8 Å². The first-order valence-corrected chi connectivity index (χ1v) is 11.7. The second-order valence-corrected chi connectivity index (χ2v) is 8.91. The molecular formula is C27H36N2O3. The molecule has 32 heavy (non-hydrogen) atoms. The molecule has 0 aromatic heterocycles. The quantitative estimate of drug-likeness (QED) is 0.611. The molecule has 3 rings (SSSR count). The maximum absolute atomic E-state index is 13.3. The fourth-order valence-electron chi connectivity index (χ4n) is 4.28. The molecule has 0 aliphatic heterocycles. The van der Waals surface area contributed by atoms with E-state index < -0.39 is 6.04 Å². The highest BCUT2D eigenvalue weighted by Crippen LogP contribution is 2.22. The van der Waals surface area contributed by atoms with Gasteiger partial charge in [0.15, 0.2) is 6.61 Å². The summed E-state index contributed by atoms with van der Waals surface area (Å²) in [6.45, 7) is 8.29. The molecule has 1 fully saturated rings. The number of hydrogen-bond donors (Lipinski definition) is 1. The van der Waals surface area contributed by atoms with E-state index in [1.807, 2.05) is 70.2 Å². The van der Waals surface area contributed by atoms with Crippen molar-refractivity contribution in [3.8, 4) is 5.75 Å². The van der Waals surface area contributed by atoms with Gasteiger partial charge in [-0.15, -0.1) is 0 Å². The molecule has 5 nitrogen and oxygen atoms in total. The third kappa shape index (κ3) is 6.12. The SMILES string of the molecule is CC[C@@H](C(=O)NC1CCCC1)N(Cc1ccc(C)cc1)C(=O)COc1cccc(C)c1C. The minimum Gasteiger partial charge on any atom is -0.483 e. The fourth-order valence-corrected chi connectivity index (χ4v) is 4.28. The van der Waals surface area contributed by atoms with Crippen molar-refractivity contribution in [1.29, 1.82) is 0 Å². The van der Waals surface area contributed by atoms with Gasteiger partial charge in [0.05, 0.1) is 0 Å². The van der Waals surface area contributed by atoms with Crippen LogP contribution in [-0.2, 0) is 16.1 Å². The van der Waals surface area contributed by atoms with Crippen LogP contribution in [0.4, 0.5) is 0 Å². The van der Waals surface area contributed by atoms with E-state index >= 15 is 0 Å². The first-order valence-electron chi connectivity index (χ1n) is 11.7. The topological polar surface area (TPSA) is 58.6 Å². The highest BCUT2D eigenvalue weighted by Gasteiger charge is 2.30. The summed E-state index contributed by atoms with van der Waals surface area (Å²) in [6, 6.07) is 13.6. The largest absolute Gasteiger partial charge is 0.483 e. The zero-order chi connectivity index (χ0) is 23.1. The lowest BCUT2D eigenvalue weighted by molar-refractivity contribution is -0.143. The molecule has 2 aromatic rings. The highest BCUT2D eigenvalue weighted by atomic mass is 16.5. The molecule has 1 saturated carbocycles. The normalized spacial score (nSPS) is 14.8. The zero-order valence-electron chi connectivity index (χ0n) is 19.8. The van der Waals surface area contributed by atoms with Crippen LogP contribution >= 0.6 is 0 Å². The molecule has 1 aliphatic rings. The molecule has 1 N–H and O–H groups in total. The van der Waals surface area contributed by atoms with Crippen LogP contribution in [0.2, 0.25) is 0 Å². The minimum absolute atomic E-state index is 0.0633. The first-order chi connectivity index (χ1) is 15.4. The lowest BCUT2D eigenvalue weighted by atomic mass is 10.1. The lowest BCUT2D eigenvalue weighted by Gasteiger charge is -2.31. The van der Waals surface area contributed by atoms with Crippen LogP contribution in [0.1, 0.15) is 61.3 Å². The number of benzene rings is 2. The van der Waals surface area contributed by atoms with Crippen molar-refractivity contribution in [3.05, 3.63) is 64.7 Å². The summed E-state index contributed by atoms with van der Waals surface area (Å²) in [4.78, 5) is 28.2. The summed E-state index contributed by atoms with van der Waals surface area (Å²) in [5.41, 5.74) is 4.31. The van der Waals surface area contributed by atoms with Gasteiger partial charge in [-0.05, 0) is 62.8 Å². The molecular weight excluding hydrogens is 400 g/mol. The summed E-state index contributed by atoms with van der Waals surface area (Å²) in [7, 11) is 0. The molecule has 1 aliphatic carbocycles. The standard InChI is InChI=1S/C27H36N2O3/c1-5-24(27(31)28-23-10-6-7-11-23)29(17-22-15-13-19(2)14-16-22)26(30)18-32-25-12-8-9-20(3)21(25)4/h8-9,12-16,23-24H,5-7,10-11,17-18H2,1-4H3,(H,28,31)/t24-/m0/s1. The Hall–Kier alpha value is -2.82. The number of nitrogens with zero attached hydrogens (tertiary/aromatic N) is 1. The number of amides is 2. The van der Waals surface area contributed by atoms with E-state index in [1.54, 1.807) is 4.90 Å². The van der Waals surface area contributed by atoms with Gasteiger partial charge in [0.2, 0.25) is 5.91 Å². The van der Waals surface area contributed by atoms with Crippen LogP contribution in [-0.4, -0.2) is 35.4 Å². The molecule has 172 valence electrons. The Kier molecular flexibility index (Phi) is 8.32. The monoisotopic (exact) mass is 436 g/mol. The predicted octanol–water partition coefficient (Wildman–Crippen LogP) is 4.86. The number of rotatable bonds is 9. The summed E-state index contributed by atoms with van der Waals surface area (Å²) in [5, 5.41) is 3.18. The average Bonchev–Trinajstić information content (AvgIpc) is 3.28. The van der Waals surface area contributed by atoms with Gasteiger partial charge in [0, 0.05) is 12.6 Å². The molecule has 0 unspecified atom stereocenters. The van der Waals surface area contributed by atoms with E-state index in [-0.39, 0.29) is 24.5 Å².